The van der Waals surface area contributed by atoms with Crippen LogP contribution < -0.4 is 15.5 Å². The van der Waals surface area contributed by atoms with E-state index >= 15 is 0 Å². The van der Waals surface area contributed by atoms with Crippen molar-refractivity contribution in [3.8, 4) is 0 Å². The summed E-state index contributed by atoms with van der Waals surface area (Å²) in [5.74, 6) is -0.743. The molecule has 0 atom stereocenters. The zero-order valence-electron chi connectivity index (χ0n) is 22.9. The smallest absolute Gasteiger partial charge is 0.234 e. The molecule has 0 aromatic carbocycles. The molecular weight excluding hydrogens is 512 g/mol. The molecule has 0 radical (unpaired) electrons. The number of aliphatic hydroxyl groups excluding tert-OH is 1. The van der Waals surface area contributed by atoms with Crippen molar-refractivity contribution in [1.82, 2.24) is 15.5 Å². The summed E-state index contributed by atoms with van der Waals surface area (Å²) < 4.78 is 31.2. The number of rotatable bonds is 27. The van der Waals surface area contributed by atoms with Crippen molar-refractivity contribution in [2.24, 2.45) is 5.22 Å². The number of carbonyl (C=O) groups excluding carboxylic acids is 2. The number of nitrogens with one attached hydrogen (secondary N) is 5. The molecule has 2 amide bonds. The molecule has 0 aliphatic heterocycles. The van der Waals surface area contributed by atoms with Crippen LogP contribution in [-0.2, 0) is 24.3 Å². The van der Waals surface area contributed by atoms with Crippen molar-refractivity contribution in [2.75, 3.05) is 32.1 Å². The van der Waals surface area contributed by atoms with E-state index in [2.05, 4.69) is 20.7 Å². The number of nitrogens with zero attached hydrogens (tertiary/aromatic N) is 1. The molecule has 0 spiro atoms. The van der Waals surface area contributed by atoms with Gasteiger partial charge < -0.3 is 15.2 Å². The Morgan fingerprint density at radius 1 is 0.737 bits per heavy atom. The Kier molecular flexibility index (Phi) is 23.8. The number of hydrogen-bond acceptors (Lipinski definition) is 9. The second kappa shape index (κ2) is 25.2. The summed E-state index contributed by atoms with van der Waals surface area (Å²) in [5, 5.41) is 21.7. The zero-order valence-corrected chi connectivity index (χ0v) is 23.7. The SMILES string of the molecule is N=NNC(=N)CCCCCCCCCCCCCCCC(=O)NS(=O)(=O)CCCC(=O)NCCOCCO. The summed E-state index contributed by atoms with van der Waals surface area (Å²) >= 11 is 0. The van der Waals surface area contributed by atoms with Crippen molar-refractivity contribution in [3.05, 3.63) is 0 Å². The van der Waals surface area contributed by atoms with E-state index in [0.29, 0.717) is 25.2 Å². The number of ether oxygens (including phenoxy) is 1. The molecule has 0 aliphatic carbocycles. The summed E-state index contributed by atoms with van der Waals surface area (Å²) in [4.78, 5) is 23.6. The molecule has 0 fully saturated rings. The monoisotopic (exact) mass is 562 g/mol. The quantitative estimate of drug-likeness (QED) is 0.0289. The summed E-state index contributed by atoms with van der Waals surface area (Å²) in [5.41, 5.74) is 8.97. The Morgan fingerprint density at radius 3 is 1.76 bits per heavy atom. The van der Waals surface area contributed by atoms with Crippen molar-refractivity contribution in [2.45, 2.75) is 109 Å². The molecular formula is C25H50N6O6S. The van der Waals surface area contributed by atoms with Gasteiger partial charge in [0.15, 0.2) is 0 Å². The number of sulfonamides is 1. The van der Waals surface area contributed by atoms with Crippen molar-refractivity contribution in [1.29, 1.82) is 10.9 Å². The molecule has 0 saturated carbocycles. The molecule has 0 heterocycles. The van der Waals surface area contributed by atoms with E-state index in [1.165, 1.54) is 44.9 Å². The second-order valence-electron chi connectivity index (χ2n) is 9.43. The molecule has 38 heavy (non-hydrogen) atoms. The third-order valence-corrected chi connectivity index (χ3v) is 7.28. The standard InChI is InChI=1S/C25H50N6O6S/c26-23(29-31-27)15-12-10-8-6-4-2-1-3-5-7-9-11-13-16-25(34)30-38(35,36)22-14-17-24(33)28-18-20-37-21-19-32/h32H,1-22H2,(H,28,33)(H,30,34)(H3,26,27,29). The average Bonchev–Trinajstić information content (AvgIpc) is 2.86. The molecule has 0 bridgehead atoms. The van der Waals surface area contributed by atoms with Gasteiger partial charge in [-0.3, -0.25) is 19.7 Å². The lowest BCUT2D eigenvalue weighted by Gasteiger charge is -2.08. The van der Waals surface area contributed by atoms with Gasteiger partial charge in [-0.1, -0.05) is 75.9 Å². The molecule has 222 valence electrons. The summed E-state index contributed by atoms with van der Waals surface area (Å²) in [6.07, 6.45) is 15.3. The van der Waals surface area contributed by atoms with Crippen LogP contribution in [0.1, 0.15) is 109 Å². The van der Waals surface area contributed by atoms with Crippen LogP contribution in [0.3, 0.4) is 0 Å². The lowest BCUT2D eigenvalue weighted by atomic mass is 10.0. The first kappa shape index (κ1) is 35.9. The highest BCUT2D eigenvalue weighted by molar-refractivity contribution is 7.90. The van der Waals surface area contributed by atoms with Gasteiger partial charge in [0.2, 0.25) is 21.8 Å². The van der Waals surface area contributed by atoms with E-state index in [4.69, 9.17) is 20.8 Å². The summed E-state index contributed by atoms with van der Waals surface area (Å²) in [7, 11) is -3.74. The van der Waals surface area contributed by atoms with Gasteiger partial charge in [0.1, 0.15) is 5.84 Å². The first-order valence-corrected chi connectivity index (χ1v) is 15.6. The predicted molar refractivity (Wildman–Crippen MR) is 147 cm³/mol. The molecule has 13 heteroatoms. The lowest BCUT2D eigenvalue weighted by molar-refractivity contribution is -0.121. The van der Waals surface area contributed by atoms with Gasteiger partial charge in [0, 0.05) is 25.8 Å². The maximum atomic E-state index is 12.0. The minimum Gasteiger partial charge on any atom is -0.394 e. The number of amides is 2. The van der Waals surface area contributed by atoms with E-state index < -0.39 is 15.9 Å². The van der Waals surface area contributed by atoms with Crippen LogP contribution in [0.5, 0.6) is 0 Å². The highest BCUT2D eigenvalue weighted by Crippen LogP contribution is 2.13. The van der Waals surface area contributed by atoms with Gasteiger partial charge in [-0.15, -0.1) is 0 Å². The molecule has 0 unspecified atom stereocenters. The van der Waals surface area contributed by atoms with Crippen molar-refractivity contribution >= 4 is 27.7 Å². The molecule has 0 rings (SSSR count). The van der Waals surface area contributed by atoms with Crippen molar-refractivity contribution < 1.29 is 27.9 Å². The molecule has 6 N–H and O–H groups in total. The molecule has 12 nitrogen and oxygen atoms in total. The zero-order chi connectivity index (χ0) is 28.3. The Morgan fingerprint density at radius 2 is 1.24 bits per heavy atom. The van der Waals surface area contributed by atoms with Gasteiger partial charge in [-0.05, 0) is 19.3 Å². The van der Waals surface area contributed by atoms with E-state index in [1.54, 1.807) is 0 Å². The van der Waals surface area contributed by atoms with E-state index in [9.17, 15) is 18.0 Å². The van der Waals surface area contributed by atoms with Crippen LogP contribution in [0, 0.1) is 10.9 Å². The first-order chi connectivity index (χ1) is 18.3. The third kappa shape index (κ3) is 25.5. The fourth-order valence-electron chi connectivity index (χ4n) is 3.87. The van der Waals surface area contributed by atoms with E-state index in [1.807, 2.05) is 0 Å². The fourth-order valence-corrected chi connectivity index (χ4v) is 4.95. The second-order valence-corrected chi connectivity index (χ2v) is 11.3. The van der Waals surface area contributed by atoms with Gasteiger partial charge in [-0.25, -0.2) is 13.8 Å². The maximum absolute atomic E-state index is 12.0. The van der Waals surface area contributed by atoms with Crippen LogP contribution in [0.15, 0.2) is 5.22 Å². The van der Waals surface area contributed by atoms with Gasteiger partial charge in [0.05, 0.1) is 25.6 Å². The normalized spacial score (nSPS) is 11.2. The van der Waals surface area contributed by atoms with Crippen LogP contribution in [-0.4, -0.2) is 63.3 Å². The fraction of sp³-hybridized carbons (Fsp3) is 0.880. The molecule has 0 aliphatic rings. The Labute approximate surface area is 228 Å². The highest BCUT2D eigenvalue weighted by Gasteiger charge is 2.15. The largest absolute Gasteiger partial charge is 0.394 e. The summed E-state index contributed by atoms with van der Waals surface area (Å²) in [6, 6.07) is 0. The first-order valence-electron chi connectivity index (χ1n) is 14.0. The minimum atomic E-state index is -3.74. The Bertz CT molecular complexity index is 751. The molecule has 0 saturated heterocycles. The lowest BCUT2D eigenvalue weighted by Crippen LogP contribution is -2.33. The maximum Gasteiger partial charge on any atom is 0.234 e. The predicted octanol–water partition coefficient (Wildman–Crippen LogP) is 3.70. The number of unbranched alkanes of at least 4 members (excludes halogenated alkanes) is 12. The van der Waals surface area contributed by atoms with E-state index in [0.717, 1.165) is 32.1 Å². The van der Waals surface area contributed by atoms with Crippen LogP contribution in [0.4, 0.5) is 0 Å². The van der Waals surface area contributed by atoms with Crippen molar-refractivity contribution in [3.63, 3.8) is 0 Å². The van der Waals surface area contributed by atoms with Gasteiger partial charge >= 0.3 is 0 Å². The Balaban J connectivity index is 3.53. The number of aliphatic hydroxyl groups is 1. The highest BCUT2D eigenvalue weighted by atomic mass is 32.2. The number of amidine groups is 1. The third-order valence-electron chi connectivity index (χ3n) is 5.91. The topological polar surface area (TPSA) is 194 Å². The minimum absolute atomic E-state index is 0.0475. The van der Waals surface area contributed by atoms with E-state index in [-0.39, 0.29) is 50.7 Å². The molecule has 0 aromatic rings. The van der Waals surface area contributed by atoms with Crippen LogP contribution in [0.25, 0.3) is 0 Å². The number of carbonyl (C=O) groups is 2. The summed E-state index contributed by atoms with van der Waals surface area (Å²) in [6.45, 7) is 0.697. The average molecular weight is 563 g/mol. The Hall–Kier alpha value is -2.12. The van der Waals surface area contributed by atoms with Gasteiger partial charge in [0.25, 0.3) is 0 Å². The molecule has 0 aromatic heterocycles. The van der Waals surface area contributed by atoms with Crippen LogP contribution in [0.2, 0.25) is 0 Å². The van der Waals surface area contributed by atoms with Gasteiger partial charge in [-0.2, -0.15) is 5.53 Å². The van der Waals surface area contributed by atoms with Crippen LogP contribution >= 0.6 is 0 Å². The number of hydrogen-bond donors (Lipinski definition) is 6.